The average molecular weight is 427 g/mol. The second-order valence-corrected chi connectivity index (χ2v) is 7.29. The molecule has 0 radical (unpaired) electrons. The third kappa shape index (κ3) is 4.97. The summed E-state index contributed by atoms with van der Waals surface area (Å²) < 4.78 is 70.0. The van der Waals surface area contributed by atoms with Crippen molar-refractivity contribution in [3.63, 3.8) is 0 Å². The van der Waals surface area contributed by atoms with Crippen LogP contribution < -0.4 is 5.14 Å². The largest absolute Gasteiger partial charge is 0.452 e. The van der Waals surface area contributed by atoms with Crippen LogP contribution in [0.25, 0.3) is 11.4 Å². The summed E-state index contributed by atoms with van der Waals surface area (Å²) in [6.07, 6.45) is -4.46. The van der Waals surface area contributed by atoms with Crippen molar-refractivity contribution in [2.45, 2.75) is 17.7 Å². The first-order valence-electron chi connectivity index (χ1n) is 7.84. The molecule has 29 heavy (non-hydrogen) atoms. The number of rotatable bonds is 5. The van der Waals surface area contributed by atoms with Crippen LogP contribution in [0.5, 0.6) is 0 Å². The molecular formula is C17H12F3N3O5S. The van der Waals surface area contributed by atoms with Crippen molar-refractivity contribution in [1.82, 2.24) is 10.1 Å². The standard InChI is InChI=1S/C17H12F3N3O5S/c18-17(19,20)12-5-1-10(2-6-12)15-22-14(28-23-15)9-27-16(24)11-3-7-13(8-4-11)29(21,25)26/h1-8H,9H2,(H2,21,25,26). The minimum Gasteiger partial charge on any atom is -0.452 e. The molecule has 0 unspecified atom stereocenters. The van der Waals surface area contributed by atoms with Crippen molar-refractivity contribution < 1.29 is 35.6 Å². The predicted molar refractivity (Wildman–Crippen MR) is 91.7 cm³/mol. The molecule has 3 rings (SSSR count). The summed E-state index contributed by atoms with van der Waals surface area (Å²) in [6, 6.07) is 8.91. The molecule has 12 heteroatoms. The van der Waals surface area contributed by atoms with E-state index >= 15 is 0 Å². The Labute approximate surface area is 162 Å². The maximum absolute atomic E-state index is 12.6. The van der Waals surface area contributed by atoms with Crippen LogP contribution in [0.1, 0.15) is 21.8 Å². The number of aromatic nitrogens is 2. The van der Waals surface area contributed by atoms with Gasteiger partial charge in [-0.15, -0.1) is 0 Å². The molecule has 0 aliphatic heterocycles. The fourth-order valence-corrected chi connectivity index (χ4v) is 2.75. The summed E-state index contributed by atoms with van der Waals surface area (Å²) in [5, 5.41) is 8.60. The Morgan fingerprint density at radius 3 is 2.24 bits per heavy atom. The fraction of sp³-hybridized carbons (Fsp3) is 0.118. The Hall–Kier alpha value is -3.25. The highest BCUT2D eigenvalue weighted by Crippen LogP contribution is 2.30. The van der Waals surface area contributed by atoms with Crippen molar-refractivity contribution in [3.05, 3.63) is 65.5 Å². The molecule has 0 saturated heterocycles. The van der Waals surface area contributed by atoms with E-state index in [1.807, 2.05) is 0 Å². The van der Waals surface area contributed by atoms with Gasteiger partial charge in [-0.2, -0.15) is 18.2 Å². The van der Waals surface area contributed by atoms with Crippen LogP contribution in [-0.2, 0) is 27.5 Å². The fourth-order valence-electron chi connectivity index (χ4n) is 2.23. The van der Waals surface area contributed by atoms with Gasteiger partial charge in [0.25, 0.3) is 5.89 Å². The van der Waals surface area contributed by atoms with Crippen LogP contribution in [0.15, 0.2) is 57.9 Å². The number of alkyl halides is 3. The van der Waals surface area contributed by atoms with Gasteiger partial charge in [-0.1, -0.05) is 17.3 Å². The zero-order valence-electron chi connectivity index (χ0n) is 14.4. The van der Waals surface area contributed by atoms with E-state index in [0.717, 1.165) is 24.3 Å². The first-order chi connectivity index (χ1) is 13.5. The molecule has 8 nitrogen and oxygen atoms in total. The second kappa shape index (κ2) is 7.64. The lowest BCUT2D eigenvalue weighted by Gasteiger charge is -2.05. The summed E-state index contributed by atoms with van der Waals surface area (Å²) in [7, 11) is -3.88. The molecule has 2 aromatic carbocycles. The van der Waals surface area contributed by atoms with Crippen molar-refractivity contribution in [3.8, 4) is 11.4 Å². The molecule has 0 spiro atoms. The van der Waals surface area contributed by atoms with Crippen LogP contribution in [0, 0.1) is 0 Å². The summed E-state index contributed by atoms with van der Waals surface area (Å²) in [5.41, 5.74) is -0.454. The van der Waals surface area contributed by atoms with Crippen LogP contribution in [0.3, 0.4) is 0 Å². The summed E-state index contributed by atoms with van der Waals surface area (Å²) in [5.74, 6) is -0.822. The highest BCUT2D eigenvalue weighted by Gasteiger charge is 2.30. The van der Waals surface area contributed by atoms with Gasteiger partial charge in [0.2, 0.25) is 15.8 Å². The van der Waals surface area contributed by atoms with E-state index in [1.165, 1.54) is 24.3 Å². The second-order valence-electron chi connectivity index (χ2n) is 5.73. The lowest BCUT2D eigenvalue weighted by atomic mass is 10.1. The zero-order valence-corrected chi connectivity index (χ0v) is 15.2. The van der Waals surface area contributed by atoms with Crippen molar-refractivity contribution >= 4 is 16.0 Å². The summed E-state index contributed by atoms with van der Waals surface area (Å²) in [4.78, 5) is 15.8. The molecule has 1 aromatic heterocycles. The van der Waals surface area contributed by atoms with E-state index in [0.29, 0.717) is 0 Å². The zero-order chi connectivity index (χ0) is 21.2. The number of benzene rings is 2. The highest BCUT2D eigenvalue weighted by molar-refractivity contribution is 7.89. The monoisotopic (exact) mass is 427 g/mol. The lowest BCUT2D eigenvalue weighted by Crippen LogP contribution is -2.12. The average Bonchev–Trinajstić information content (AvgIpc) is 3.14. The maximum atomic E-state index is 12.6. The smallest absolute Gasteiger partial charge is 0.416 e. The van der Waals surface area contributed by atoms with Gasteiger partial charge in [0.15, 0.2) is 6.61 Å². The summed E-state index contributed by atoms with van der Waals surface area (Å²) in [6.45, 7) is -0.386. The Bertz CT molecular complexity index is 1120. The number of nitrogens with zero attached hydrogens (tertiary/aromatic N) is 2. The molecule has 3 aromatic rings. The molecular weight excluding hydrogens is 415 g/mol. The number of hydrogen-bond donors (Lipinski definition) is 1. The Kier molecular flexibility index (Phi) is 5.40. The first kappa shape index (κ1) is 20.5. The molecule has 0 fully saturated rings. The Morgan fingerprint density at radius 2 is 1.69 bits per heavy atom. The summed E-state index contributed by atoms with van der Waals surface area (Å²) >= 11 is 0. The minimum absolute atomic E-state index is 0.0299. The maximum Gasteiger partial charge on any atom is 0.416 e. The topological polar surface area (TPSA) is 125 Å². The molecule has 0 aliphatic carbocycles. The minimum atomic E-state index is -4.46. The Balaban J connectivity index is 1.64. The van der Waals surface area contributed by atoms with E-state index in [-0.39, 0.29) is 34.3 Å². The number of hydrogen-bond acceptors (Lipinski definition) is 7. The van der Waals surface area contributed by atoms with Gasteiger partial charge in [0.05, 0.1) is 16.0 Å². The van der Waals surface area contributed by atoms with E-state index in [1.54, 1.807) is 0 Å². The number of nitrogens with two attached hydrogens (primary N) is 1. The van der Waals surface area contributed by atoms with Gasteiger partial charge >= 0.3 is 12.1 Å². The van der Waals surface area contributed by atoms with E-state index < -0.39 is 27.7 Å². The molecule has 0 atom stereocenters. The quantitative estimate of drug-likeness (QED) is 0.621. The van der Waals surface area contributed by atoms with E-state index in [4.69, 9.17) is 14.4 Å². The highest BCUT2D eigenvalue weighted by atomic mass is 32.2. The van der Waals surface area contributed by atoms with Gasteiger partial charge < -0.3 is 9.26 Å². The SMILES string of the molecule is NS(=O)(=O)c1ccc(C(=O)OCc2nc(-c3ccc(C(F)(F)F)cc3)no2)cc1. The third-order valence-corrected chi connectivity index (χ3v) is 4.61. The van der Waals surface area contributed by atoms with Crippen LogP contribution in [0.4, 0.5) is 13.2 Å². The number of ether oxygens (including phenoxy) is 1. The van der Waals surface area contributed by atoms with Crippen molar-refractivity contribution in [1.29, 1.82) is 0 Å². The normalized spacial score (nSPS) is 12.0. The van der Waals surface area contributed by atoms with E-state index in [2.05, 4.69) is 10.1 Å². The van der Waals surface area contributed by atoms with Gasteiger partial charge in [-0.05, 0) is 36.4 Å². The van der Waals surface area contributed by atoms with Crippen molar-refractivity contribution in [2.24, 2.45) is 5.14 Å². The van der Waals surface area contributed by atoms with Crippen LogP contribution in [-0.4, -0.2) is 24.5 Å². The molecule has 0 saturated carbocycles. The third-order valence-electron chi connectivity index (χ3n) is 3.68. The van der Waals surface area contributed by atoms with Crippen LogP contribution >= 0.6 is 0 Å². The molecule has 1 heterocycles. The van der Waals surface area contributed by atoms with Crippen molar-refractivity contribution in [2.75, 3.05) is 0 Å². The lowest BCUT2D eigenvalue weighted by molar-refractivity contribution is -0.137. The van der Waals surface area contributed by atoms with Crippen LogP contribution in [0.2, 0.25) is 0 Å². The van der Waals surface area contributed by atoms with Gasteiger partial charge in [0.1, 0.15) is 0 Å². The molecule has 0 amide bonds. The number of sulfonamides is 1. The molecule has 152 valence electrons. The van der Waals surface area contributed by atoms with E-state index in [9.17, 15) is 26.4 Å². The number of carbonyl (C=O) groups excluding carboxylic acids is 1. The number of primary sulfonamides is 1. The molecule has 0 aliphatic rings. The van der Waals surface area contributed by atoms with Gasteiger partial charge in [-0.25, -0.2) is 18.4 Å². The number of esters is 1. The molecule has 0 bridgehead atoms. The van der Waals surface area contributed by atoms with Gasteiger partial charge in [0, 0.05) is 5.56 Å². The Morgan fingerprint density at radius 1 is 1.07 bits per heavy atom. The first-order valence-corrected chi connectivity index (χ1v) is 9.39. The van der Waals surface area contributed by atoms with Gasteiger partial charge in [-0.3, -0.25) is 0 Å². The number of carbonyl (C=O) groups is 1. The predicted octanol–water partition coefficient (Wildman–Crippen LogP) is 2.76. The number of halogens is 3. The molecule has 2 N–H and O–H groups in total.